The van der Waals surface area contributed by atoms with E-state index in [0.29, 0.717) is 13.1 Å². The zero-order valence-electron chi connectivity index (χ0n) is 8.55. The fraction of sp³-hybridized carbons (Fsp3) is 0.444. The molecule has 1 aromatic rings. The number of hydrogen-bond acceptors (Lipinski definition) is 4. The van der Waals surface area contributed by atoms with E-state index in [1.54, 1.807) is 4.90 Å². The zero-order valence-corrected chi connectivity index (χ0v) is 8.55. The number of H-pyrrole nitrogens is 1. The summed E-state index contributed by atoms with van der Waals surface area (Å²) in [6.45, 7) is 1.11. The summed E-state index contributed by atoms with van der Waals surface area (Å²) in [6.07, 6.45) is 1.98. The van der Waals surface area contributed by atoms with Crippen LogP contribution in [0.1, 0.15) is 16.9 Å². The van der Waals surface area contributed by atoms with Gasteiger partial charge in [-0.1, -0.05) is 0 Å². The summed E-state index contributed by atoms with van der Waals surface area (Å²) in [6, 6.07) is 1.25. The van der Waals surface area contributed by atoms with Crippen LogP contribution in [-0.4, -0.2) is 39.8 Å². The highest BCUT2D eigenvalue weighted by atomic mass is 16.6. The third-order valence-corrected chi connectivity index (χ3v) is 2.62. The number of likely N-dealkylation sites (tertiary alicyclic amines) is 1. The van der Waals surface area contributed by atoms with Gasteiger partial charge in [-0.2, -0.15) is 0 Å². The molecule has 1 amide bonds. The third kappa shape index (κ3) is 1.89. The number of nitrogens with zero attached hydrogens (tertiary/aromatic N) is 2. The number of nitro groups is 1. The predicted molar refractivity (Wildman–Crippen MR) is 55.9 cm³/mol. The van der Waals surface area contributed by atoms with Crippen LogP contribution in [-0.2, 0) is 0 Å². The van der Waals surface area contributed by atoms with Gasteiger partial charge in [-0.15, -0.1) is 0 Å². The van der Waals surface area contributed by atoms with Gasteiger partial charge in [-0.3, -0.25) is 14.9 Å². The second-order valence-electron chi connectivity index (χ2n) is 3.83. The summed E-state index contributed by atoms with van der Waals surface area (Å²) in [5.74, 6) is -0.235. The van der Waals surface area contributed by atoms with Crippen molar-refractivity contribution in [2.45, 2.75) is 12.5 Å². The number of hydrogen-bond donors (Lipinski definition) is 2. The first kappa shape index (κ1) is 10.6. The van der Waals surface area contributed by atoms with Gasteiger partial charge < -0.3 is 15.6 Å². The Morgan fingerprint density at radius 2 is 2.44 bits per heavy atom. The highest BCUT2D eigenvalue weighted by Gasteiger charge is 2.26. The molecule has 0 radical (unpaired) electrons. The Bertz CT molecular complexity index is 428. The van der Waals surface area contributed by atoms with E-state index in [0.717, 1.165) is 6.42 Å². The van der Waals surface area contributed by atoms with Gasteiger partial charge >= 0.3 is 0 Å². The molecule has 0 aromatic carbocycles. The number of rotatable bonds is 2. The molecule has 7 nitrogen and oxygen atoms in total. The molecule has 16 heavy (non-hydrogen) atoms. The SMILES string of the molecule is N[C@H]1CCN(C(=O)c2cc([N+](=O)[O-])c[nH]2)C1. The van der Waals surface area contributed by atoms with Crippen LogP contribution in [0, 0.1) is 10.1 Å². The van der Waals surface area contributed by atoms with Crippen LogP contribution in [0.4, 0.5) is 5.69 Å². The average molecular weight is 224 g/mol. The van der Waals surface area contributed by atoms with E-state index in [9.17, 15) is 14.9 Å². The molecule has 2 heterocycles. The van der Waals surface area contributed by atoms with Crippen molar-refractivity contribution < 1.29 is 9.72 Å². The third-order valence-electron chi connectivity index (χ3n) is 2.62. The maximum absolute atomic E-state index is 11.8. The van der Waals surface area contributed by atoms with E-state index in [1.165, 1.54) is 12.3 Å². The molecule has 1 aliphatic rings. The number of aromatic amines is 1. The summed E-state index contributed by atoms with van der Waals surface area (Å²) in [7, 11) is 0. The van der Waals surface area contributed by atoms with E-state index in [-0.39, 0.29) is 23.3 Å². The van der Waals surface area contributed by atoms with E-state index in [1.807, 2.05) is 0 Å². The van der Waals surface area contributed by atoms with Gasteiger partial charge in [0.1, 0.15) is 5.69 Å². The second kappa shape index (κ2) is 3.93. The van der Waals surface area contributed by atoms with Crippen molar-refractivity contribution in [1.82, 2.24) is 9.88 Å². The molecule has 1 fully saturated rings. The molecule has 3 N–H and O–H groups in total. The highest BCUT2D eigenvalue weighted by Crippen LogP contribution is 2.16. The number of amides is 1. The summed E-state index contributed by atoms with van der Waals surface area (Å²) in [4.78, 5) is 26.0. The Labute approximate surface area is 91.4 Å². The zero-order chi connectivity index (χ0) is 11.7. The van der Waals surface area contributed by atoms with Crippen molar-refractivity contribution in [3.05, 3.63) is 28.1 Å². The minimum atomic E-state index is -0.539. The smallest absolute Gasteiger partial charge is 0.287 e. The van der Waals surface area contributed by atoms with Crippen molar-refractivity contribution in [1.29, 1.82) is 0 Å². The minimum absolute atomic E-state index is 0.00824. The first-order valence-corrected chi connectivity index (χ1v) is 4.95. The Balaban J connectivity index is 2.11. The van der Waals surface area contributed by atoms with Crippen LogP contribution in [0.3, 0.4) is 0 Å². The first-order chi connectivity index (χ1) is 7.58. The number of nitrogens with one attached hydrogen (secondary N) is 1. The normalized spacial score (nSPS) is 20.1. The van der Waals surface area contributed by atoms with E-state index < -0.39 is 4.92 Å². The molecule has 2 rings (SSSR count). The van der Waals surface area contributed by atoms with Gasteiger partial charge in [-0.05, 0) is 6.42 Å². The molecule has 1 atom stereocenters. The van der Waals surface area contributed by atoms with Crippen LogP contribution in [0.25, 0.3) is 0 Å². The van der Waals surface area contributed by atoms with E-state index in [2.05, 4.69) is 4.98 Å². The molecule has 86 valence electrons. The molecule has 1 saturated heterocycles. The van der Waals surface area contributed by atoms with Gasteiger partial charge in [0.05, 0.1) is 11.1 Å². The highest BCUT2D eigenvalue weighted by molar-refractivity contribution is 5.93. The van der Waals surface area contributed by atoms with Crippen LogP contribution in [0.2, 0.25) is 0 Å². The van der Waals surface area contributed by atoms with Gasteiger partial charge in [0.25, 0.3) is 11.6 Å². The van der Waals surface area contributed by atoms with Crippen LogP contribution >= 0.6 is 0 Å². The summed E-state index contributed by atoms with van der Waals surface area (Å²) in [5, 5.41) is 10.5. The van der Waals surface area contributed by atoms with Gasteiger partial charge in [0, 0.05) is 25.2 Å². The van der Waals surface area contributed by atoms with Crippen LogP contribution < -0.4 is 5.73 Å². The number of aromatic nitrogens is 1. The standard InChI is InChI=1S/C9H12N4O3/c10-6-1-2-12(5-6)9(14)8-3-7(4-11-8)13(15)16/h3-4,6,11H,1-2,5,10H2/t6-/m0/s1. The fourth-order valence-corrected chi connectivity index (χ4v) is 1.75. The van der Waals surface area contributed by atoms with Gasteiger partial charge in [0.15, 0.2) is 0 Å². The van der Waals surface area contributed by atoms with Crippen molar-refractivity contribution in [2.24, 2.45) is 5.73 Å². The van der Waals surface area contributed by atoms with Crippen molar-refractivity contribution >= 4 is 11.6 Å². The van der Waals surface area contributed by atoms with Crippen molar-refractivity contribution in [2.75, 3.05) is 13.1 Å². The van der Waals surface area contributed by atoms with E-state index in [4.69, 9.17) is 5.73 Å². The van der Waals surface area contributed by atoms with Crippen LogP contribution in [0.15, 0.2) is 12.3 Å². The molecular weight excluding hydrogens is 212 g/mol. The Morgan fingerprint density at radius 3 is 2.94 bits per heavy atom. The maximum Gasteiger partial charge on any atom is 0.287 e. The Kier molecular flexibility index (Phi) is 2.61. The van der Waals surface area contributed by atoms with Crippen molar-refractivity contribution in [3.63, 3.8) is 0 Å². The number of nitrogens with two attached hydrogens (primary N) is 1. The summed E-state index contributed by atoms with van der Waals surface area (Å²) < 4.78 is 0. The van der Waals surface area contributed by atoms with Crippen molar-refractivity contribution in [3.8, 4) is 0 Å². The lowest BCUT2D eigenvalue weighted by Gasteiger charge is -2.13. The molecule has 0 saturated carbocycles. The van der Waals surface area contributed by atoms with Gasteiger partial charge in [-0.25, -0.2) is 0 Å². The fourth-order valence-electron chi connectivity index (χ4n) is 1.75. The first-order valence-electron chi connectivity index (χ1n) is 4.95. The van der Waals surface area contributed by atoms with Gasteiger partial charge in [0.2, 0.25) is 0 Å². The predicted octanol–water partition coefficient (Wildman–Crippen LogP) is 0.0961. The number of carbonyl (C=O) groups is 1. The molecule has 1 aliphatic heterocycles. The lowest BCUT2D eigenvalue weighted by atomic mass is 10.3. The molecular formula is C9H12N4O3. The molecule has 7 heteroatoms. The Hall–Kier alpha value is -1.89. The lowest BCUT2D eigenvalue weighted by molar-refractivity contribution is -0.384. The molecule has 0 unspecified atom stereocenters. The molecule has 0 spiro atoms. The summed E-state index contributed by atoms with van der Waals surface area (Å²) >= 11 is 0. The largest absolute Gasteiger partial charge is 0.351 e. The summed E-state index contributed by atoms with van der Waals surface area (Å²) in [5.41, 5.74) is 5.81. The average Bonchev–Trinajstić information content (AvgIpc) is 2.84. The monoisotopic (exact) mass is 224 g/mol. The topological polar surface area (TPSA) is 105 Å². The Morgan fingerprint density at radius 1 is 1.69 bits per heavy atom. The van der Waals surface area contributed by atoms with Crippen LogP contribution in [0.5, 0.6) is 0 Å². The lowest BCUT2D eigenvalue weighted by Crippen LogP contribution is -2.32. The number of carbonyl (C=O) groups excluding carboxylic acids is 1. The van der Waals surface area contributed by atoms with E-state index >= 15 is 0 Å². The maximum atomic E-state index is 11.8. The molecule has 1 aromatic heterocycles. The molecule has 0 bridgehead atoms. The molecule has 0 aliphatic carbocycles. The second-order valence-corrected chi connectivity index (χ2v) is 3.83. The minimum Gasteiger partial charge on any atom is -0.351 e. The quantitative estimate of drug-likeness (QED) is 0.548.